The van der Waals surface area contributed by atoms with Crippen LogP contribution in [0, 0.1) is 0 Å². The lowest BCUT2D eigenvalue weighted by molar-refractivity contribution is -0.136. The molecule has 23 nitrogen and oxygen atoms in total. The normalized spacial score (nSPS) is 20.8. The molecule has 0 atom stereocenters. The van der Waals surface area contributed by atoms with Gasteiger partial charge in [-0.25, -0.2) is 0 Å². The number of aliphatic hydroxyl groups excluding tert-OH is 2. The Kier molecular flexibility index (Phi) is 28.8. The Morgan fingerprint density at radius 3 is 0.775 bits per heavy atom. The predicted molar refractivity (Wildman–Crippen MR) is 363 cm³/mol. The predicted octanol–water partition coefficient (Wildman–Crippen LogP) is 9.39. The van der Waals surface area contributed by atoms with Gasteiger partial charge in [-0.1, -0.05) is 53.4 Å². The maximum atomic E-state index is 11.5. The Labute approximate surface area is 537 Å². The van der Waals surface area contributed by atoms with Gasteiger partial charge in [-0.3, -0.25) is 9.59 Å². The van der Waals surface area contributed by atoms with E-state index in [0.29, 0.717) is 48.9 Å². The monoisotopic (exact) mass is 1250 g/mol. The third kappa shape index (κ3) is 26.2. The van der Waals surface area contributed by atoms with E-state index in [1.165, 1.54) is 0 Å². The molecule has 10 N–H and O–H groups in total. The van der Waals surface area contributed by atoms with Gasteiger partial charge in [0.1, 0.15) is 13.1 Å². The van der Waals surface area contributed by atoms with Crippen molar-refractivity contribution in [3.05, 3.63) is 0 Å². The van der Waals surface area contributed by atoms with Gasteiger partial charge in [-0.2, -0.15) is 29.9 Å². The number of unbranched alkanes of at least 4 members (excludes halogenated alkanes) is 4. The van der Waals surface area contributed by atoms with Gasteiger partial charge in [-0.15, -0.1) is 0 Å². The van der Waals surface area contributed by atoms with Crippen LogP contribution in [0.5, 0.6) is 0 Å². The van der Waals surface area contributed by atoms with Crippen LogP contribution in [0.25, 0.3) is 0 Å². The van der Waals surface area contributed by atoms with Crippen LogP contribution in [-0.4, -0.2) is 196 Å². The second-order valence-electron chi connectivity index (χ2n) is 31.1. The molecule has 23 heteroatoms. The third-order valence-electron chi connectivity index (χ3n) is 17.0. The smallest absolute Gasteiger partial charge is 0.322 e. The van der Waals surface area contributed by atoms with Crippen molar-refractivity contribution >= 4 is 47.6 Å². The molecular weight excluding hydrogens is 1130 g/mol. The Balaban J connectivity index is 0.000000343. The van der Waals surface area contributed by atoms with E-state index in [4.69, 9.17) is 40.1 Å². The molecule has 2 aromatic rings. The first-order valence-corrected chi connectivity index (χ1v) is 33.8. The molecule has 512 valence electrons. The highest BCUT2D eigenvalue weighted by Gasteiger charge is 2.45. The number of carbonyl (C=O) groups is 2. The Hall–Kier alpha value is -4.52. The highest BCUT2D eigenvalue weighted by atomic mass is 16.5. The van der Waals surface area contributed by atoms with E-state index >= 15 is 0 Å². The average molecular weight is 1260 g/mol. The SMILES string of the molecule is CCCCN(c1nc(NCC(=O)O)nc(N(CCCC)C2CC(C)(C)NC(C)(C)C2)n1)C1CC(C)(C)NC(C)(C)C1.CCCCN(c1nc(NCC(=O)O)nc(N(CCCC)C2CC(C)(C)NC(C)(C)C2)n1)C1CC(C)(C)NC(C)(C)C1.OCCOCCO. The lowest BCUT2D eigenvalue weighted by Gasteiger charge is -2.50. The minimum atomic E-state index is -0.942. The number of aliphatic carboxylic acids is 2. The fourth-order valence-corrected chi connectivity index (χ4v) is 15.0. The van der Waals surface area contributed by atoms with Crippen molar-refractivity contribution in [2.24, 2.45) is 0 Å². The number of aliphatic hydroxyl groups is 2. The maximum Gasteiger partial charge on any atom is 0.322 e. The van der Waals surface area contributed by atoms with Crippen molar-refractivity contribution in [1.82, 2.24) is 51.2 Å². The van der Waals surface area contributed by atoms with Crippen molar-refractivity contribution < 1.29 is 34.8 Å². The van der Waals surface area contributed by atoms with Crippen molar-refractivity contribution in [3.8, 4) is 0 Å². The molecule has 0 aliphatic carbocycles. The molecule has 0 radical (unpaired) electrons. The third-order valence-corrected chi connectivity index (χ3v) is 17.0. The Morgan fingerprint density at radius 2 is 0.607 bits per heavy atom. The number of carboxylic acid groups (broad SMARTS) is 2. The topological polar surface area (TPSA) is 287 Å². The Morgan fingerprint density at radius 1 is 0.404 bits per heavy atom. The molecule has 4 fully saturated rings. The summed E-state index contributed by atoms with van der Waals surface area (Å²) in [4.78, 5) is 62.4. The number of aromatic nitrogens is 6. The van der Waals surface area contributed by atoms with Crippen LogP contribution >= 0.6 is 0 Å². The number of rotatable bonds is 30. The minimum absolute atomic E-state index is 0.0278. The summed E-state index contributed by atoms with van der Waals surface area (Å²) in [5.41, 5.74) is -0.250. The number of piperidine rings is 4. The second-order valence-corrected chi connectivity index (χ2v) is 31.1. The van der Waals surface area contributed by atoms with Crippen molar-refractivity contribution in [2.75, 3.05) is 95.9 Å². The highest BCUT2D eigenvalue weighted by Crippen LogP contribution is 2.39. The number of hydrogen-bond acceptors (Lipinski definition) is 21. The quantitative estimate of drug-likeness (QED) is 0.0326. The lowest BCUT2D eigenvalue weighted by atomic mass is 9.79. The number of hydrogen-bond donors (Lipinski definition) is 10. The van der Waals surface area contributed by atoms with E-state index in [0.717, 1.165) is 129 Å². The number of ether oxygens (including phenoxy) is 1. The van der Waals surface area contributed by atoms with Gasteiger partial charge in [0, 0.05) is 94.7 Å². The van der Waals surface area contributed by atoms with Gasteiger partial charge >= 0.3 is 11.9 Å². The summed E-state index contributed by atoms with van der Waals surface area (Å²) >= 11 is 0. The summed E-state index contributed by atoms with van der Waals surface area (Å²) in [6.45, 7) is 48.7. The van der Waals surface area contributed by atoms with Gasteiger partial charge < -0.3 is 76.7 Å². The van der Waals surface area contributed by atoms with Crippen LogP contribution in [0.3, 0.4) is 0 Å². The molecule has 6 heterocycles. The summed E-state index contributed by atoms with van der Waals surface area (Å²) in [6.07, 6.45) is 16.1. The van der Waals surface area contributed by atoms with Crippen molar-refractivity contribution in [2.45, 2.75) is 310 Å². The van der Waals surface area contributed by atoms with E-state index in [9.17, 15) is 19.8 Å². The zero-order valence-electron chi connectivity index (χ0n) is 59.2. The zero-order valence-corrected chi connectivity index (χ0v) is 59.2. The van der Waals surface area contributed by atoms with E-state index in [2.05, 4.69) is 195 Å². The van der Waals surface area contributed by atoms with E-state index in [1.54, 1.807) is 0 Å². The van der Waals surface area contributed by atoms with Gasteiger partial charge in [0.2, 0.25) is 35.7 Å². The Bertz CT molecular complexity index is 2110. The molecule has 0 unspecified atom stereocenters. The van der Waals surface area contributed by atoms with E-state index in [1.807, 2.05) is 0 Å². The zero-order chi connectivity index (χ0) is 66.8. The summed E-state index contributed by atoms with van der Waals surface area (Å²) < 4.78 is 4.63. The lowest BCUT2D eigenvalue weighted by Crippen LogP contribution is -2.63. The number of anilines is 6. The standard InChI is InChI=1S/2C31H58N8O2.C4H10O3/c2*1-11-13-15-38(22-17-28(3,4)36-29(5,6)18-22)26-33-25(32-21-24(40)41)34-27(35-26)39(16-14-12-2)23-19-30(7,8)37-31(9,10)20-23;5-1-3-7-4-2-6/h2*22-23,36-37H,11-21H2,1-10H3,(H,40,41)(H,32,33,34,35);5-6H,1-4H2. The number of nitrogens with one attached hydrogen (secondary N) is 6. The van der Waals surface area contributed by atoms with Crippen LogP contribution < -0.4 is 51.5 Å². The molecule has 0 amide bonds. The van der Waals surface area contributed by atoms with E-state index in [-0.39, 0.29) is 94.8 Å². The molecule has 0 bridgehead atoms. The second kappa shape index (κ2) is 33.4. The molecule has 89 heavy (non-hydrogen) atoms. The summed E-state index contributed by atoms with van der Waals surface area (Å²) in [5.74, 6) is 1.34. The van der Waals surface area contributed by atoms with Gasteiger partial charge in [0.15, 0.2) is 0 Å². The highest BCUT2D eigenvalue weighted by molar-refractivity contribution is 5.72. The largest absolute Gasteiger partial charge is 0.480 e. The molecule has 4 saturated heterocycles. The van der Waals surface area contributed by atoms with Crippen LogP contribution in [0.4, 0.5) is 35.7 Å². The first kappa shape index (κ1) is 76.9. The minimum Gasteiger partial charge on any atom is -0.480 e. The first-order valence-electron chi connectivity index (χ1n) is 33.8. The van der Waals surface area contributed by atoms with Gasteiger partial charge in [0.05, 0.1) is 26.4 Å². The van der Waals surface area contributed by atoms with Crippen LogP contribution in [0.1, 0.15) is 241 Å². The molecule has 4 aliphatic heterocycles. The number of carboxylic acids is 2. The number of nitrogens with zero attached hydrogens (tertiary/aromatic N) is 10. The van der Waals surface area contributed by atoms with Gasteiger partial charge in [0.25, 0.3) is 0 Å². The molecule has 0 aromatic carbocycles. The average Bonchev–Trinajstić information content (AvgIpc) is 1.08. The molecular formula is C66H126N16O7. The fraction of sp³-hybridized carbons (Fsp3) is 0.879. The van der Waals surface area contributed by atoms with Gasteiger partial charge in [-0.05, 0) is 188 Å². The maximum absolute atomic E-state index is 11.5. The molecule has 6 rings (SSSR count). The van der Waals surface area contributed by atoms with Crippen LogP contribution in [-0.2, 0) is 14.3 Å². The van der Waals surface area contributed by atoms with Crippen LogP contribution in [0.2, 0.25) is 0 Å². The van der Waals surface area contributed by atoms with E-state index < -0.39 is 11.9 Å². The summed E-state index contributed by atoms with van der Waals surface area (Å²) in [5, 5.41) is 56.2. The first-order chi connectivity index (χ1) is 41.3. The summed E-state index contributed by atoms with van der Waals surface area (Å²) in [6, 6.07) is 0.986. The summed E-state index contributed by atoms with van der Waals surface area (Å²) in [7, 11) is 0. The van der Waals surface area contributed by atoms with Crippen molar-refractivity contribution in [1.29, 1.82) is 0 Å². The van der Waals surface area contributed by atoms with Crippen LogP contribution in [0.15, 0.2) is 0 Å². The molecule has 4 aliphatic rings. The van der Waals surface area contributed by atoms with Crippen molar-refractivity contribution in [3.63, 3.8) is 0 Å². The fourth-order valence-electron chi connectivity index (χ4n) is 15.0. The molecule has 0 saturated carbocycles. The molecule has 0 spiro atoms. The molecule has 2 aromatic heterocycles.